The lowest BCUT2D eigenvalue weighted by molar-refractivity contribution is 0.265. The maximum absolute atomic E-state index is 10.1. The Morgan fingerprint density at radius 1 is 1.12 bits per heavy atom. The molecule has 1 N–H and O–H groups in total. The third-order valence-electron chi connectivity index (χ3n) is 2.84. The van der Waals surface area contributed by atoms with Crippen molar-refractivity contribution in [3.63, 3.8) is 0 Å². The van der Waals surface area contributed by atoms with Crippen molar-refractivity contribution in [1.82, 2.24) is 4.90 Å². The lowest BCUT2D eigenvalue weighted by Gasteiger charge is -2.34. The highest BCUT2D eigenvalue weighted by atomic mass is 16.3. The van der Waals surface area contributed by atoms with E-state index in [1.165, 1.54) is 0 Å². The minimum Gasteiger partial charge on any atom is -0.508 e. The van der Waals surface area contributed by atoms with Crippen molar-refractivity contribution in [3.05, 3.63) is 29.2 Å². The first kappa shape index (κ1) is 10.9. The summed E-state index contributed by atoms with van der Waals surface area (Å²) >= 11 is 0. The molecule has 86 valence electrons. The molecular weight excluding hydrogens is 206 g/mol. The van der Waals surface area contributed by atoms with E-state index in [1.807, 2.05) is 17.0 Å². The molecule has 1 fully saturated rings. The molecule has 1 aromatic carbocycles. The van der Waals surface area contributed by atoms with Crippen LogP contribution in [0.1, 0.15) is 0 Å². The Balaban J connectivity index is 1.93. The predicted octanol–water partition coefficient (Wildman–Crippen LogP) is 1.24. The van der Waals surface area contributed by atoms with Gasteiger partial charge in [-0.3, -0.25) is 4.90 Å². The molecule has 1 aliphatic rings. The second-order valence-corrected chi connectivity index (χ2v) is 3.89. The molecule has 0 amide bonds. The SMILES string of the molecule is O=NCN1CCN(c2ccc(O)cc2)CC1. The summed E-state index contributed by atoms with van der Waals surface area (Å²) in [6.45, 7) is 3.77. The highest BCUT2D eigenvalue weighted by Crippen LogP contribution is 2.19. The normalized spacial score (nSPS) is 17.4. The standard InChI is InChI=1S/C11H15N3O2/c15-11-3-1-10(2-4-11)14-7-5-13(6-8-14)9-12-16/h1-4,15H,5-9H2. The fraction of sp³-hybridized carbons (Fsp3) is 0.455. The summed E-state index contributed by atoms with van der Waals surface area (Å²) in [5, 5.41) is 12.1. The number of benzene rings is 1. The molecule has 1 saturated heterocycles. The van der Waals surface area contributed by atoms with E-state index in [1.54, 1.807) is 12.1 Å². The number of nitrogens with zero attached hydrogens (tertiary/aromatic N) is 3. The predicted molar refractivity (Wildman–Crippen MR) is 62.6 cm³/mol. The lowest BCUT2D eigenvalue weighted by Crippen LogP contribution is -2.46. The average molecular weight is 221 g/mol. The zero-order chi connectivity index (χ0) is 11.4. The summed E-state index contributed by atoms with van der Waals surface area (Å²) < 4.78 is 0. The van der Waals surface area contributed by atoms with Gasteiger partial charge in [0.25, 0.3) is 0 Å². The first-order valence-electron chi connectivity index (χ1n) is 5.35. The molecule has 0 aliphatic carbocycles. The van der Waals surface area contributed by atoms with E-state index >= 15 is 0 Å². The molecule has 0 unspecified atom stereocenters. The van der Waals surface area contributed by atoms with Gasteiger partial charge in [-0.1, -0.05) is 5.18 Å². The Morgan fingerprint density at radius 3 is 2.31 bits per heavy atom. The molecule has 2 rings (SSSR count). The number of nitroso groups, excluding NO2 is 1. The van der Waals surface area contributed by atoms with E-state index in [2.05, 4.69) is 10.1 Å². The van der Waals surface area contributed by atoms with E-state index in [9.17, 15) is 10.0 Å². The smallest absolute Gasteiger partial charge is 0.134 e. The van der Waals surface area contributed by atoms with Gasteiger partial charge >= 0.3 is 0 Å². The maximum atomic E-state index is 10.1. The fourth-order valence-electron chi connectivity index (χ4n) is 1.89. The Labute approximate surface area is 94.3 Å². The average Bonchev–Trinajstić information content (AvgIpc) is 2.32. The molecule has 16 heavy (non-hydrogen) atoms. The summed E-state index contributed by atoms with van der Waals surface area (Å²) in [5.74, 6) is 0.285. The highest BCUT2D eigenvalue weighted by Gasteiger charge is 2.16. The van der Waals surface area contributed by atoms with E-state index in [0.29, 0.717) is 0 Å². The summed E-state index contributed by atoms with van der Waals surface area (Å²) in [4.78, 5) is 14.4. The molecule has 0 aromatic heterocycles. The molecule has 5 heteroatoms. The number of hydrogen-bond acceptors (Lipinski definition) is 5. The van der Waals surface area contributed by atoms with Crippen LogP contribution in [0.5, 0.6) is 5.75 Å². The highest BCUT2D eigenvalue weighted by molar-refractivity contribution is 5.49. The number of hydrogen-bond donors (Lipinski definition) is 1. The zero-order valence-corrected chi connectivity index (χ0v) is 9.04. The van der Waals surface area contributed by atoms with E-state index in [4.69, 9.17) is 0 Å². The summed E-state index contributed by atoms with van der Waals surface area (Å²) in [6.07, 6.45) is 0. The number of phenolic OH excluding ortho intramolecular Hbond substituents is 1. The number of anilines is 1. The van der Waals surface area contributed by atoms with Crippen LogP contribution in [0.25, 0.3) is 0 Å². The topological polar surface area (TPSA) is 56.1 Å². The van der Waals surface area contributed by atoms with Gasteiger partial charge in [-0.25, -0.2) is 0 Å². The second kappa shape index (κ2) is 4.94. The third kappa shape index (κ3) is 2.49. The first-order valence-corrected chi connectivity index (χ1v) is 5.35. The van der Waals surface area contributed by atoms with Crippen LogP contribution in [0.15, 0.2) is 29.4 Å². The van der Waals surface area contributed by atoms with Crippen LogP contribution < -0.4 is 4.90 Å². The van der Waals surface area contributed by atoms with E-state index in [-0.39, 0.29) is 12.4 Å². The van der Waals surface area contributed by atoms with Gasteiger partial charge in [0.2, 0.25) is 0 Å². The van der Waals surface area contributed by atoms with Gasteiger partial charge in [-0.05, 0) is 24.3 Å². The van der Waals surface area contributed by atoms with Gasteiger partial charge in [-0.15, -0.1) is 4.91 Å². The van der Waals surface area contributed by atoms with Crippen LogP contribution >= 0.6 is 0 Å². The molecule has 1 aromatic rings. The van der Waals surface area contributed by atoms with Crippen molar-refractivity contribution in [3.8, 4) is 5.75 Å². The van der Waals surface area contributed by atoms with Gasteiger partial charge < -0.3 is 10.0 Å². The lowest BCUT2D eigenvalue weighted by atomic mass is 10.2. The maximum Gasteiger partial charge on any atom is 0.134 e. The largest absolute Gasteiger partial charge is 0.508 e. The van der Waals surface area contributed by atoms with Gasteiger partial charge in [-0.2, -0.15) is 0 Å². The van der Waals surface area contributed by atoms with Gasteiger partial charge in [0, 0.05) is 31.9 Å². The number of piperazine rings is 1. The van der Waals surface area contributed by atoms with Crippen molar-refractivity contribution in [2.45, 2.75) is 0 Å². The van der Waals surface area contributed by atoms with Gasteiger partial charge in [0.1, 0.15) is 12.4 Å². The van der Waals surface area contributed by atoms with Crippen LogP contribution in [0.4, 0.5) is 5.69 Å². The molecular formula is C11H15N3O2. The van der Waals surface area contributed by atoms with Crippen molar-refractivity contribution >= 4 is 5.69 Å². The molecule has 0 bridgehead atoms. The molecule has 0 spiro atoms. The van der Waals surface area contributed by atoms with Crippen LogP contribution in [0.2, 0.25) is 0 Å². The van der Waals surface area contributed by atoms with Gasteiger partial charge in [0.15, 0.2) is 0 Å². The minimum atomic E-state index is 0.281. The molecule has 1 heterocycles. The number of rotatable bonds is 3. The van der Waals surface area contributed by atoms with Crippen LogP contribution in [-0.2, 0) is 0 Å². The minimum absolute atomic E-state index is 0.281. The second-order valence-electron chi connectivity index (χ2n) is 3.89. The monoisotopic (exact) mass is 221 g/mol. The quantitative estimate of drug-likeness (QED) is 0.780. The molecule has 0 saturated carbocycles. The molecule has 0 atom stereocenters. The van der Waals surface area contributed by atoms with Crippen molar-refractivity contribution in [2.24, 2.45) is 5.18 Å². The summed E-state index contributed by atoms with van der Waals surface area (Å²) in [7, 11) is 0. The number of phenols is 1. The van der Waals surface area contributed by atoms with Crippen molar-refractivity contribution in [2.75, 3.05) is 37.7 Å². The van der Waals surface area contributed by atoms with Gasteiger partial charge in [0.05, 0.1) is 0 Å². The van der Waals surface area contributed by atoms with Crippen molar-refractivity contribution in [1.29, 1.82) is 0 Å². The Kier molecular flexibility index (Phi) is 3.36. The van der Waals surface area contributed by atoms with E-state index in [0.717, 1.165) is 31.9 Å². The molecule has 0 radical (unpaired) electrons. The summed E-state index contributed by atoms with van der Waals surface area (Å²) in [5.41, 5.74) is 1.11. The Bertz CT molecular complexity index is 345. The van der Waals surface area contributed by atoms with Crippen LogP contribution in [0, 0.1) is 4.91 Å². The fourth-order valence-corrected chi connectivity index (χ4v) is 1.89. The first-order chi connectivity index (χ1) is 7.79. The molecule has 1 aliphatic heterocycles. The van der Waals surface area contributed by atoms with E-state index < -0.39 is 0 Å². The zero-order valence-electron chi connectivity index (χ0n) is 9.04. The Hall–Kier alpha value is -1.62. The number of aromatic hydroxyl groups is 1. The van der Waals surface area contributed by atoms with Crippen LogP contribution in [0.3, 0.4) is 0 Å². The Morgan fingerprint density at radius 2 is 1.75 bits per heavy atom. The third-order valence-corrected chi connectivity index (χ3v) is 2.84. The van der Waals surface area contributed by atoms with Crippen molar-refractivity contribution < 1.29 is 5.11 Å². The molecule has 5 nitrogen and oxygen atoms in total. The summed E-state index contributed by atoms with van der Waals surface area (Å²) in [6, 6.07) is 7.19. The van der Waals surface area contributed by atoms with Crippen LogP contribution in [-0.4, -0.2) is 42.9 Å².